The summed E-state index contributed by atoms with van der Waals surface area (Å²) >= 11 is 1.31. The van der Waals surface area contributed by atoms with Crippen LogP contribution in [0.25, 0.3) is 0 Å². The molecule has 0 N–H and O–H groups in total. The van der Waals surface area contributed by atoms with Crippen LogP contribution in [0.1, 0.15) is 42.8 Å². The number of fused-ring (bicyclic) bond motifs is 1. The van der Waals surface area contributed by atoms with Gasteiger partial charge in [-0.2, -0.15) is 0 Å². The summed E-state index contributed by atoms with van der Waals surface area (Å²) in [6.45, 7) is 4.39. The Morgan fingerprint density at radius 2 is 2.19 bits per heavy atom. The van der Waals surface area contributed by atoms with Crippen molar-refractivity contribution in [2.45, 2.75) is 39.2 Å². The summed E-state index contributed by atoms with van der Waals surface area (Å²) in [6, 6.07) is 3.37. The van der Waals surface area contributed by atoms with Gasteiger partial charge in [0.05, 0.1) is 16.7 Å². The highest BCUT2D eigenvalue weighted by Gasteiger charge is 2.72. The van der Waals surface area contributed by atoms with Crippen LogP contribution in [0.5, 0.6) is 0 Å². The lowest BCUT2D eigenvalue weighted by molar-refractivity contribution is 0.0705. The van der Waals surface area contributed by atoms with Crippen molar-refractivity contribution in [3.63, 3.8) is 0 Å². The average molecular weight is 325 g/mol. The molecule has 21 heavy (non-hydrogen) atoms. The van der Waals surface area contributed by atoms with Crippen LogP contribution in [-0.4, -0.2) is 30.4 Å². The van der Waals surface area contributed by atoms with Gasteiger partial charge >= 0.3 is 0 Å². The van der Waals surface area contributed by atoms with Crippen molar-refractivity contribution < 1.29 is 13.2 Å². The van der Waals surface area contributed by atoms with E-state index in [0.29, 0.717) is 10.8 Å². The van der Waals surface area contributed by atoms with Gasteiger partial charge in [0, 0.05) is 5.41 Å². The molecular formula is C15H19NO3S2. The van der Waals surface area contributed by atoms with Gasteiger partial charge in [-0.1, -0.05) is 19.9 Å². The first-order valence-electron chi connectivity index (χ1n) is 7.39. The van der Waals surface area contributed by atoms with E-state index in [1.54, 1.807) is 12.1 Å². The zero-order chi connectivity index (χ0) is 15.0. The lowest BCUT2D eigenvalue weighted by Crippen LogP contribution is -2.44. The maximum atomic E-state index is 12.7. The van der Waals surface area contributed by atoms with Crippen LogP contribution in [-0.2, 0) is 10.0 Å². The Bertz CT molecular complexity index is 707. The third-order valence-corrected chi connectivity index (χ3v) is 9.10. The summed E-state index contributed by atoms with van der Waals surface area (Å²) in [6.07, 6.45) is 2.87. The highest BCUT2D eigenvalue weighted by molar-refractivity contribution is 7.90. The number of thiophene rings is 1. The van der Waals surface area contributed by atoms with Gasteiger partial charge in [-0.15, -0.1) is 11.3 Å². The molecule has 0 unspecified atom stereocenters. The molecule has 0 aromatic carbocycles. The second-order valence-electron chi connectivity index (χ2n) is 7.20. The molecule has 1 aromatic heterocycles. The second-order valence-corrected chi connectivity index (χ2v) is 9.99. The number of carbonyl (C=O) groups is 1. The Labute approximate surface area is 129 Å². The van der Waals surface area contributed by atoms with Crippen LogP contribution in [0.4, 0.5) is 0 Å². The summed E-state index contributed by atoms with van der Waals surface area (Å²) in [4.78, 5) is 13.2. The van der Waals surface area contributed by atoms with E-state index in [4.69, 9.17) is 0 Å². The maximum absolute atomic E-state index is 12.7. The third kappa shape index (κ3) is 1.50. The minimum Gasteiger partial charge on any atom is -0.267 e. The number of carbonyl (C=O) groups excluding carboxylic acids is 1. The van der Waals surface area contributed by atoms with Crippen LogP contribution in [0.3, 0.4) is 0 Å². The lowest BCUT2D eigenvalue weighted by Gasteiger charge is -2.37. The predicted octanol–water partition coefficient (Wildman–Crippen LogP) is 2.73. The number of sulfonamides is 1. The molecule has 2 bridgehead atoms. The van der Waals surface area contributed by atoms with Crippen LogP contribution in [0, 0.1) is 16.7 Å². The van der Waals surface area contributed by atoms with Crippen LogP contribution < -0.4 is 0 Å². The molecule has 1 spiro atoms. The van der Waals surface area contributed by atoms with Gasteiger partial charge in [0.15, 0.2) is 0 Å². The van der Waals surface area contributed by atoms with Crippen molar-refractivity contribution in [3.05, 3.63) is 22.4 Å². The summed E-state index contributed by atoms with van der Waals surface area (Å²) in [5, 5.41) is 1.82. The summed E-state index contributed by atoms with van der Waals surface area (Å²) in [5.74, 6) is 0.359. The van der Waals surface area contributed by atoms with Crippen LogP contribution in [0.2, 0.25) is 0 Å². The first-order valence-corrected chi connectivity index (χ1v) is 9.88. The Balaban J connectivity index is 1.82. The average Bonchev–Trinajstić information content (AvgIpc) is 3.08. The molecule has 114 valence electrons. The van der Waals surface area contributed by atoms with E-state index in [9.17, 15) is 13.2 Å². The van der Waals surface area contributed by atoms with E-state index in [1.807, 2.05) is 5.38 Å². The molecule has 3 fully saturated rings. The van der Waals surface area contributed by atoms with Crippen molar-refractivity contribution in [2.24, 2.45) is 16.7 Å². The number of nitrogens with zero attached hydrogens (tertiary/aromatic N) is 1. The fraction of sp³-hybridized carbons (Fsp3) is 0.667. The quantitative estimate of drug-likeness (QED) is 0.798. The molecule has 1 amide bonds. The van der Waals surface area contributed by atoms with Gasteiger partial charge in [-0.05, 0) is 42.0 Å². The minimum atomic E-state index is -3.50. The van der Waals surface area contributed by atoms with Crippen LogP contribution in [0.15, 0.2) is 17.5 Å². The van der Waals surface area contributed by atoms with Crippen molar-refractivity contribution in [3.8, 4) is 0 Å². The van der Waals surface area contributed by atoms with E-state index in [1.165, 1.54) is 15.6 Å². The summed E-state index contributed by atoms with van der Waals surface area (Å²) < 4.78 is 26.6. The van der Waals surface area contributed by atoms with Gasteiger partial charge in [0.1, 0.15) is 0 Å². The van der Waals surface area contributed by atoms with E-state index < -0.39 is 10.0 Å². The van der Waals surface area contributed by atoms with Crippen molar-refractivity contribution >= 4 is 27.3 Å². The Hall–Kier alpha value is -0.880. The zero-order valence-electron chi connectivity index (χ0n) is 12.2. The molecular weight excluding hydrogens is 306 g/mol. The summed E-state index contributed by atoms with van der Waals surface area (Å²) in [5.41, 5.74) is -0.224. The lowest BCUT2D eigenvalue weighted by atomic mass is 9.69. The Morgan fingerprint density at radius 1 is 1.43 bits per heavy atom. The fourth-order valence-electron chi connectivity index (χ4n) is 5.07. The number of hydrogen-bond donors (Lipinski definition) is 0. The number of rotatable bonds is 1. The SMILES string of the molecule is CC1(C)[C@@H]2CC[C@]13CS(=O)(=O)N(C(=O)c1cccs1)[C@@H]3C2. The molecule has 3 atom stereocenters. The maximum Gasteiger partial charge on any atom is 0.277 e. The van der Waals surface area contributed by atoms with Gasteiger partial charge in [-0.25, -0.2) is 12.7 Å². The normalized spacial score (nSPS) is 38.7. The van der Waals surface area contributed by atoms with Gasteiger partial charge < -0.3 is 0 Å². The second kappa shape index (κ2) is 3.90. The van der Waals surface area contributed by atoms with Gasteiger partial charge in [0.2, 0.25) is 10.0 Å². The standard InChI is InChI=1S/C15H19NO3S2/c1-14(2)10-5-6-15(14)9-21(18,19)16(12(15)8-10)13(17)11-4-3-7-20-11/h3-4,7,10,12H,5-6,8-9H2,1-2H3/t10-,12-,15-/m1/s1. The largest absolute Gasteiger partial charge is 0.277 e. The van der Waals surface area contributed by atoms with E-state index in [0.717, 1.165) is 19.3 Å². The number of hydrogen-bond acceptors (Lipinski definition) is 4. The van der Waals surface area contributed by atoms with Crippen molar-refractivity contribution in [1.29, 1.82) is 0 Å². The molecule has 6 heteroatoms. The van der Waals surface area contributed by atoms with Crippen LogP contribution >= 0.6 is 11.3 Å². The third-order valence-electron chi connectivity index (χ3n) is 6.34. The van der Waals surface area contributed by atoms with Gasteiger partial charge in [0.25, 0.3) is 5.91 Å². The fourth-order valence-corrected chi connectivity index (χ4v) is 8.31. The first kappa shape index (κ1) is 13.8. The molecule has 2 heterocycles. The minimum absolute atomic E-state index is 0.00914. The highest BCUT2D eigenvalue weighted by Crippen LogP contribution is 2.70. The van der Waals surface area contributed by atoms with Crippen molar-refractivity contribution in [2.75, 3.05) is 5.75 Å². The monoisotopic (exact) mass is 325 g/mol. The van der Waals surface area contributed by atoms with E-state index >= 15 is 0 Å². The zero-order valence-corrected chi connectivity index (χ0v) is 13.8. The first-order chi connectivity index (χ1) is 9.80. The molecule has 3 aliphatic rings. The molecule has 0 radical (unpaired) electrons. The predicted molar refractivity (Wildman–Crippen MR) is 81.6 cm³/mol. The molecule has 1 aromatic rings. The Kier molecular flexibility index (Phi) is 2.56. The highest BCUT2D eigenvalue weighted by atomic mass is 32.2. The summed E-state index contributed by atoms with van der Waals surface area (Å²) in [7, 11) is -3.50. The number of amides is 1. The Morgan fingerprint density at radius 3 is 2.81 bits per heavy atom. The molecule has 1 aliphatic heterocycles. The van der Waals surface area contributed by atoms with E-state index in [2.05, 4.69) is 13.8 Å². The van der Waals surface area contributed by atoms with Gasteiger partial charge in [-0.3, -0.25) is 4.79 Å². The van der Waals surface area contributed by atoms with E-state index in [-0.39, 0.29) is 28.5 Å². The van der Waals surface area contributed by atoms with Crippen molar-refractivity contribution in [1.82, 2.24) is 4.31 Å². The molecule has 2 saturated carbocycles. The topological polar surface area (TPSA) is 54.5 Å². The smallest absolute Gasteiger partial charge is 0.267 e. The molecule has 4 nitrogen and oxygen atoms in total. The molecule has 4 rings (SSSR count). The molecule has 1 saturated heterocycles. The molecule has 2 aliphatic carbocycles.